The van der Waals surface area contributed by atoms with Crippen LogP contribution in [0.5, 0.6) is 0 Å². The molecule has 3 aromatic rings. The average Bonchev–Trinajstić information content (AvgIpc) is 3.25. The molecular formula is C25H28FN3O3. The molecule has 0 radical (unpaired) electrons. The molecule has 6 nitrogen and oxygen atoms in total. The number of nitrogens with zero attached hydrogens (tertiary/aromatic N) is 2. The van der Waals surface area contributed by atoms with Crippen LogP contribution in [-0.4, -0.2) is 36.2 Å². The largest absolute Gasteiger partial charge is 0.461 e. The lowest BCUT2D eigenvalue weighted by Crippen LogP contribution is -2.45. The van der Waals surface area contributed by atoms with Gasteiger partial charge in [-0.2, -0.15) is 0 Å². The van der Waals surface area contributed by atoms with Gasteiger partial charge >= 0.3 is 0 Å². The van der Waals surface area contributed by atoms with Gasteiger partial charge in [-0.25, -0.2) is 9.37 Å². The molecule has 0 aliphatic carbocycles. The molecule has 2 aromatic heterocycles. The Morgan fingerprint density at radius 2 is 1.91 bits per heavy atom. The van der Waals surface area contributed by atoms with Gasteiger partial charge in [0.05, 0.1) is 17.8 Å². The molecule has 1 amide bonds. The lowest BCUT2D eigenvalue weighted by atomic mass is 10.1. The Bertz CT molecular complexity index is 1040. The number of anilines is 1. The lowest BCUT2D eigenvalue weighted by molar-refractivity contribution is -0.121. The molecule has 1 aliphatic rings. The Hall–Kier alpha value is -3.19. The molecule has 0 spiro atoms. The van der Waals surface area contributed by atoms with Crippen LogP contribution in [0.4, 0.5) is 10.2 Å². The number of halogens is 1. The summed E-state index contributed by atoms with van der Waals surface area (Å²) >= 11 is 0. The summed E-state index contributed by atoms with van der Waals surface area (Å²) in [5.41, 5.74) is 1.36. The summed E-state index contributed by atoms with van der Waals surface area (Å²) in [6.07, 6.45) is 2.89. The van der Waals surface area contributed by atoms with E-state index in [0.717, 1.165) is 24.5 Å². The van der Waals surface area contributed by atoms with Crippen molar-refractivity contribution in [1.82, 2.24) is 10.3 Å². The van der Waals surface area contributed by atoms with E-state index >= 15 is 0 Å². The van der Waals surface area contributed by atoms with Crippen LogP contribution in [0.1, 0.15) is 31.6 Å². The molecule has 1 fully saturated rings. The Morgan fingerprint density at radius 3 is 2.62 bits per heavy atom. The minimum Gasteiger partial charge on any atom is -0.461 e. The summed E-state index contributed by atoms with van der Waals surface area (Å²) in [5, 5.41) is 2.92. The first-order chi connectivity index (χ1) is 15.5. The maximum absolute atomic E-state index is 13.9. The van der Waals surface area contributed by atoms with Crippen molar-refractivity contribution in [2.45, 2.75) is 45.4 Å². The minimum absolute atomic E-state index is 0.0752. The maximum Gasteiger partial charge on any atom is 0.220 e. The quantitative estimate of drug-likeness (QED) is 0.596. The molecule has 32 heavy (non-hydrogen) atoms. The molecule has 4 rings (SSSR count). The van der Waals surface area contributed by atoms with Crippen molar-refractivity contribution >= 4 is 11.7 Å². The molecular weight excluding hydrogens is 409 g/mol. The van der Waals surface area contributed by atoms with Gasteiger partial charge in [-0.3, -0.25) is 4.79 Å². The first-order valence-electron chi connectivity index (χ1n) is 10.9. The molecule has 2 atom stereocenters. The number of amides is 1. The molecule has 1 aliphatic heterocycles. The van der Waals surface area contributed by atoms with Crippen molar-refractivity contribution in [2.75, 3.05) is 18.0 Å². The zero-order valence-corrected chi connectivity index (χ0v) is 18.4. The van der Waals surface area contributed by atoms with Gasteiger partial charge in [0, 0.05) is 38.7 Å². The van der Waals surface area contributed by atoms with Crippen molar-refractivity contribution in [3.8, 4) is 11.3 Å². The van der Waals surface area contributed by atoms with Gasteiger partial charge in [-0.15, -0.1) is 0 Å². The first kappa shape index (κ1) is 22.0. The number of benzene rings is 1. The van der Waals surface area contributed by atoms with E-state index in [1.807, 2.05) is 12.1 Å². The van der Waals surface area contributed by atoms with E-state index in [0.29, 0.717) is 36.5 Å². The predicted molar refractivity (Wildman–Crippen MR) is 121 cm³/mol. The number of hydrogen-bond acceptors (Lipinski definition) is 5. The second kappa shape index (κ2) is 9.96. The summed E-state index contributed by atoms with van der Waals surface area (Å²) in [7, 11) is 0. The smallest absolute Gasteiger partial charge is 0.220 e. The molecule has 1 aromatic carbocycles. The van der Waals surface area contributed by atoms with Crippen LogP contribution in [0, 0.1) is 5.82 Å². The standard InChI is InChI=1S/C25H28FN3O3/c1-17-15-29(16-18(2)31-17)24-11-7-19(13-27-24)14-28-25(30)12-9-20-8-10-23(32-20)21-5-3-4-6-22(21)26/h3-8,10-11,13,17-18H,9,12,14-16H2,1-2H3,(H,28,30). The van der Waals surface area contributed by atoms with E-state index in [1.54, 1.807) is 36.5 Å². The summed E-state index contributed by atoms with van der Waals surface area (Å²) in [6, 6.07) is 14.0. The van der Waals surface area contributed by atoms with Gasteiger partial charge in [0.1, 0.15) is 23.2 Å². The topological polar surface area (TPSA) is 67.6 Å². The fraction of sp³-hybridized carbons (Fsp3) is 0.360. The number of nitrogens with one attached hydrogen (secondary N) is 1. The maximum atomic E-state index is 13.9. The van der Waals surface area contributed by atoms with E-state index in [4.69, 9.17) is 9.15 Å². The van der Waals surface area contributed by atoms with Crippen LogP contribution in [0.3, 0.4) is 0 Å². The second-order valence-electron chi connectivity index (χ2n) is 8.21. The molecule has 0 bridgehead atoms. The second-order valence-corrected chi connectivity index (χ2v) is 8.21. The van der Waals surface area contributed by atoms with Crippen LogP contribution >= 0.6 is 0 Å². The van der Waals surface area contributed by atoms with Crippen LogP contribution < -0.4 is 10.2 Å². The van der Waals surface area contributed by atoms with E-state index in [-0.39, 0.29) is 23.9 Å². The molecule has 1 N–H and O–H groups in total. The highest BCUT2D eigenvalue weighted by Crippen LogP contribution is 2.25. The third kappa shape index (κ3) is 5.53. The number of morpholine rings is 1. The van der Waals surface area contributed by atoms with Crippen molar-refractivity contribution in [2.24, 2.45) is 0 Å². The molecule has 168 valence electrons. The summed E-state index contributed by atoms with van der Waals surface area (Å²) in [6.45, 7) is 6.18. The Labute approximate surface area is 187 Å². The number of pyridine rings is 1. The number of aromatic nitrogens is 1. The SMILES string of the molecule is CC1CN(c2ccc(CNC(=O)CCc3ccc(-c4ccccc4F)o3)cn2)CC(C)O1. The zero-order chi connectivity index (χ0) is 22.5. The third-order valence-electron chi connectivity index (χ3n) is 5.44. The number of rotatable bonds is 7. The Kier molecular flexibility index (Phi) is 6.85. The van der Waals surface area contributed by atoms with Gasteiger partial charge in [0.25, 0.3) is 0 Å². The van der Waals surface area contributed by atoms with Crippen molar-refractivity contribution in [3.05, 3.63) is 71.9 Å². The molecule has 3 heterocycles. The number of hydrogen-bond donors (Lipinski definition) is 1. The Balaban J connectivity index is 1.24. The molecule has 7 heteroatoms. The normalized spacial score (nSPS) is 18.5. The number of carbonyl (C=O) groups excluding carboxylic acids is 1. The van der Waals surface area contributed by atoms with Crippen LogP contribution in [-0.2, 0) is 22.5 Å². The summed E-state index contributed by atoms with van der Waals surface area (Å²) in [4.78, 5) is 19.0. The van der Waals surface area contributed by atoms with Gasteiger partial charge in [0.2, 0.25) is 5.91 Å². The lowest BCUT2D eigenvalue weighted by Gasteiger charge is -2.36. The van der Waals surface area contributed by atoms with Crippen LogP contribution in [0.15, 0.2) is 59.1 Å². The average molecular weight is 438 g/mol. The van der Waals surface area contributed by atoms with Crippen molar-refractivity contribution in [3.63, 3.8) is 0 Å². The summed E-state index contributed by atoms with van der Waals surface area (Å²) in [5.74, 6) is 1.63. The fourth-order valence-electron chi connectivity index (χ4n) is 3.92. The van der Waals surface area contributed by atoms with Crippen molar-refractivity contribution in [1.29, 1.82) is 0 Å². The fourth-order valence-corrected chi connectivity index (χ4v) is 3.92. The predicted octanol–water partition coefficient (Wildman–Crippen LogP) is 4.34. The zero-order valence-electron chi connectivity index (χ0n) is 18.4. The van der Waals surface area contributed by atoms with Gasteiger partial charge in [0.15, 0.2) is 0 Å². The molecule has 2 unspecified atom stereocenters. The monoisotopic (exact) mass is 437 g/mol. The number of furan rings is 1. The van der Waals surface area contributed by atoms with E-state index in [2.05, 4.69) is 29.0 Å². The van der Waals surface area contributed by atoms with Crippen LogP contribution in [0.25, 0.3) is 11.3 Å². The minimum atomic E-state index is -0.330. The highest BCUT2D eigenvalue weighted by atomic mass is 19.1. The summed E-state index contributed by atoms with van der Waals surface area (Å²) < 4.78 is 25.4. The van der Waals surface area contributed by atoms with E-state index in [9.17, 15) is 9.18 Å². The van der Waals surface area contributed by atoms with Gasteiger partial charge < -0.3 is 19.4 Å². The number of aryl methyl sites for hydroxylation is 1. The highest BCUT2D eigenvalue weighted by Gasteiger charge is 2.23. The third-order valence-corrected chi connectivity index (χ3v) is 5.44. The number of carbonyl (C=O) groups is 1. The van der Waals surface area contributed by atoms with E-state index < -0.39 is 0 Å². The number of ether oxygens (including phenoxy) is 1. The Morgan fingerprint density at radius 1 is 1.12 bits per heavy atom. The van der Waals surface area contributed by atoms with Gasteiger partial charge in [-0.05, 0) is 49.7 Å². The highest BCUT2D eigenvalue weighted by molar-refractivity contribution is 5.76. The van der Waals surface area contributed by atoms with E-state index in [1.165, 1.54) is 6.07 Å². The molecule has 1 saturated heterocycles. The first-order valence-corrected chi connectivity index (χ1v) is 10.9. The van der Waals surface area contributed by atoms with Crippen molar-refractivity contribution < 1.29 is 18.3 Å². The van der Waals surface area contributed by atoms with Crippen LogP contribution in [0.2, 0.25) is 0 Å². The molecule has 0 saturated carbocycles. The van der Waals surface area contributed by atoms with Gasteiger partial charge in [-0.1, -0.05) is 18.2 Å².